The zero-order chi connectivity index (χ0) is 21.2. The standard InChI is InChI=1S/C22H26N2O5/c1-14-17(9-10-18-19(14)29-12-11-28-18)20(25)23-24(22(2,3)4)21(26)15-7-6-8-16(13-15)27-5/h6-10,13H,11-12H2,1-5H3,(H,23,25). The summed E-state index contributed by atoms with van der Waals surface area (Å²) in [7, 11) is 1.54. The number of nitrogens with one attached hydrogen (secondary N) is 1. The molecule has 0 atom stereocenters. The molecule has 0 spiro atoms. The van der Waals surface area contributed by atoms with E-state index in [0.717, 1.165) is 0 Å². The van der Waals surface area contributed by atoms with Gasteiger partial charge >= 0.3 is 0 Å². The lowest BCUT2D eigenvalue weighted by molar-refractivity contribution is 0.0358. The molecule has 0 unspecified atom stereocenters. The number of hydrogen-bond donors (Lipinski definition) is 1. The average molecular weight is 398 g/mol. The average Bonchev–Trinajstić information content (AvgIpc) is 2.71. The van der Waals surface area contributed by atoms with Crippen molar-refractivity contribution < 1.29 is 23.8 Å². The minimum atomic E-state index is -0.655. The lowest BCUT2D eigenvalue weighted by atomic mass is 10.0. The van der Waals surface area contributed by atoms with Gasteiger partial charge in [0.05, 0.1) is 12.6 Å². The van der Waals surface area contributed by atoms with Crippen molar-refractivity contribution >= 4 is 11.8 Å². The maximum atomic E-state index is 13.2. The first-order valence-corrected chi connectivity index (χ1v) is 9.41. The summed E-state index contributed by atoms with van der Waals surface area (Å²) in [6.45, 7) is 8.26. The highest BCUT2D eigenvalue weighted by atomic mass is 16.6. The van der Waals surface area contributed by atoms with Gasteiger partial charge in [0.25, 0.3) is 11.8 Å². The predicted molar refractivity (Wildman–Crippen MR) is 109 cm³/mol. The molecule has 2 amide bonds. The summed E-state index contributed by atoms with van der Waals surface area (Å²) in [6.07, 6.45) is 0. The van der Waals surface area contributed by atoms with Crippen molar-refractivity contribution in [3.05, 3.63) is 53.1 Å². The Labute approximate surface area is 170 Å². The molecular weight excluding hydrogens is 372 g/mol. The number of ether oxygens (including phenoxy) is 3. The lowest BCUT2D eigenvalue weighted by Crippen LogP contribution is -2.56. The summed E-state index contributed by atoms with van der Waals surface area (Å²) in [5.41, 5.74) is 3.61. The van der Waals surface area contributed by atoms with Crippen LogP contribution < -0.4 is 19.6 Å². The van der Waals surface area contributed by atoms with Crippen molar-refractivity contribution in [3.63, 3.8) is 0 Å². The zero-order valence-electron chi connectivity index (χ0n) is 17.4. The number of carbonyl (C=O) groups excluding carboxylic acids is 2. The second-order valence-electron chi connectivity index (χ2n) is 7.75. The van der Waals surface area contributed by atoms with E-state index in [4.69, 9.17) is 14.2 Å². The number of rotatable bonds is 3. The van der Waals surface area contributed by atoms with Crippen LogP contribution in [0.5, 0.6) is 17.2 Å². The third-order valence-corrected chi connectivity index (χ3v) is 4.61. The van der Waals surface area contributed by atoms with E-state index in [1.165, 1.54) is 12.1 Å². The van der Waals surface area contributed by atoms with Gasteiger partial charge in [-0.25, -0.2) is 5.01 Å². The summed E-state index contributed by atoms with van der Waals surface area (Å²) in [6, 6.07) is 10.2. The number of methoxy groups -OCH3 is 1. The Morgan fingerprint density at radius 1 is 1.10 bits per heavy atom. The van der Waals surface area contributed by atoms with Crippen molar-refractivity contribution in [3.8, 4) is 17.2 Å². The summed E-state index contributed by atoms with van der Waals surface area (Å²) in [5, 5.41) is 1.33. The van der Waals surface area contributed by atoms with Gasteiger partial charge in [0.2, 0.25) is 0 Å². The molecule has 1 aliphatic heterocycles. The number of amides is 2. The fourth-order valence-corrected chi connectivity index (χ4v) is 3.07. The van der Waals surface area contributed by atoms with Crippen LogP contribution >= 0.6 is 0 Å². The summed E-state index contributed by atoms with van der Waals surface area (Å²) in [5.74, 6) is 1.01. The minimum absolute atomic E-state index is 0.333. The topological polar surface area (TPSA) is 77.1 Å². The van der Waals surface area contributed by atoms with Crippen molar-refractivity contribution in [1.82, 2.24) is 10.4 Å². The van der Waals surface area contributed by atoms with E-state index in [0.29, 0.717) is 47.2 Å². The van der Waals surface area contributed by atoms with Gasteiger partial charge in [-0.15, -0.1) is 0 Å². The predicted octanol–water partition coefficient (Wildman–Crippen LogP) is 3.36. The number of hydrogen-bond acceptors (Lipinski definition) is 5. The number of hydrazine groups is 1. The van der Waals surface area contributed by atoms with Crippen LogP contribution in [-0.4, -0.2) is 42.7 Å². The highest BCUT2D eigenvalue weighted by molar-refractivity contribution is 6.00. The van der Waals surface area contributed by atoms with Crippen molar-refractivity contribution in [2.45, 2.75) is 33.2 Å². The van der Waals surface area contributed by atoms with Gasteiger partial charge in [-0.2, -0.15) is 0 Å². The fourth-order valence-electron chi connectivity index (χ4n) is 3.07. The molecule has 7 heteroatoms. The molecule has 1 aliphatic rings. The maximum absolute atomic E-state index is 13.2. The maximum Gasteiger partial charge on any atom is 0.272 e. The van der Waals surface area contributed by atoms with Crippen LogP contribution in [0.3, 0.4) is 0 Å². The monoisotopic (exact) mass is 398 g/mol. The quantitative estimate of drug-likeness (QED) is 0.803. The molecule has 29 heavy (non-hydrogen) atoms. The molecular formula is C22H26N2O5. The van der Waals surface area contributed by atoms with E-state index < -0.39 is 11.4 Å². The molecule has 2 aromatic rings. The van der Waals surface area contributed by atoms with Gasteiger partial charge in [0.15, 0.2) is 11.5 Å². The lowest BCUT2D eigenvalue weighted by Gasteiger charge is -2.35. The third kappa shape index (κ3) is 4.29. The Morgan fingerprint density at radius 3 is 2.52 bits per heavy atom. The van der Waals surface area contributed by atoms with Crippen molar-refractivity contribution in [2.75, 3.05) is 20.3 Å². The molecule has 3 rings (SSSR count). The van der Waals surface area contributed by atoms with Gasteiger partial charge < -0.3 is 14.2 Å². The molecule has 1 N–H and O–H groups in total. The Hall–Kier alpha value is -3.22. The van der Waals surface area contributed by atoms with Crippen LogP contribution in [-0.2, 0) is 0 Å². The highest BCUT2D eigenvalue weighted by Crippen LogP contribution is 2.35. The molecule has 154 valence electrons. The van der Waals surface area contributed by atoms with Crippen LogP contribution in [0.25, 0.3) is 0 Å². The zero-order valence-corrected chi connectivity index (χ0v) is 17.4. The molecule has 1 heterocycles. The Kier molecular flexibility index (Phi) is 5.68. The fraction of sp³-hybridized carbons (Fsp3) is 0.364. The van der Waals surface area contributed by atoms with E-state index >= 15 is 0 Å². The Bertz CT molecular complexity index is 933. The summed E-state index contributed by atoms with van der Waals surface area (Å²) in [4.78, 5) is 26.2. The van der Waals surface area contributed by atoms with Crippen LogP contribution in [0.2, 0.25) is 0 Å². The normalized spacial score (nSPS) is 12.9. The van der Waals surface area contributed by atoms with Gasteiger partial charge in [-0.05, 0) is 58.0 Å². The second kappa shape index (κ2) is 8.03. The largest absolute Gasteiger partial charge is 0.497 e. The molecule has 0 aliphatic carbocycles. The van der Waals surface area contributed by atoms with Crippen LogP contribution in [0.15, 0.2) is 36.4 Å². The SMILES string of the molecule is COc1cccc(C(=O)N(NC(=O)c2ccc3c(c2C)OCCO3)C(C)(C)C)c1. The highest BCUT2D eigenvalue weighted by Gasteiger charge is 2.31. The molecule has 0 radical (unpaired) electrons. The molecule has 0 bridgehead atoms. The number of fused-ring (bicyclic) bond motifs is 1. The summed E-state index contributed by atoms with van der Waals surface area (Å²) < 4.78 is 16.4. The number of benzene rings is 2. The van der Waals surface area contributed by atoms with E-state index in [1.54, 1.807) is 43.3 Å². The molecule has 0 saturated carbocycles. The minimum Gasteiger partial charge on any atom is -0.497 e. The summed E-state index contributed by atoms with van der Waals surface area (Å²) >= 11 is 0. The first-order valence-electron chi connectivity index (χ1n) is 9.41. The molecule has 2 aromatic carbocycles. The van der Waals surface area contributed by atoms with Gasteiger partial charge in [-0.3, -0.25) is 15.0 Å². The van der Waals surface area contributed by atoms with E-state index in [9.17, 15) is 9.59 Å². The first kappa shape index (κ1) is 20.5. The third-order valence-electron chi connectivity index (χ3n) is 4.61. The smallest absolute Gasteiger partial charge is 0.272 e. The first-order chi connectivity index (χ1) is 13.7. The second-order valence-corrected chi connectivity index (χ2v) is 7.75. The molecule has 0 fully saturated rings. The van der Waals surface area contributed by atoms with Gasteiger partial charge in [-0.1, -0.05) is 6.07 Å². The molecule has 7 nitrogen and oxygen atoms in total. The van der Waals surface area contributed by atoms with E-state index in [-0.39, 0.29) is 5.91 Å². The Balaban J connectivity index is 1.89. The van der Waals surface area contributed by atoms with Crippen LogP contribution in [0, 0.1) is 6.92 Å². The molecule has 0 aromatic heterocycles. The van der Waals surface area contributed by atoms with Gasteiger partial charge in [0, 0.05) is 16.7 Å². The number of carbonyl (C=O) groups is 2. The van der Waals surface area contributed by atoms with Crippen LogP contribution in [0.1, 0.15) is 47.1 Å². The van der Waals surface area contributed by atoms with Crippen molar-refractivity contribution in [1.29, 1.82) is 0 Å². The number of nitrogens with zero attached hydrogens (tertiary/aromatic N) is 1. The van der Waals surface area contributed by atoms with Crippen molar-refractivity contribution in [2.24, 2.45) is 0 Å². The van der Waals surface area contributed by atoms with Crippen LogP contribution in [0.4, 0.5) is 0 Å². The van der Waals surface area contributed by atoms with E-state index in [1.807, 2.05) is 20.8 Å². The van der Waals surface area contributed by atoms with Gasteiger partial charge in [0.1, 0.15) is 19.0 Å². The Morgan fingerprint density at radius 2 is 1.83 bits per heavy atom. The van der Waals surface area contributed by atoms with E-state index in [2.05, 4.69) is 5.43 Å². The molecule has 0 saturated heterocycles.